The monoisotopic (exact) mass is 540 g/mol. The number of aliphatic hydroxyl groups is 1. The van der Waals surface area contributed by atoms with Crippen molar-refractivity contribution >= 4 is 5.78 Å². The maximum Gasteiger partial charge on any atom is 0.169 e. The molecule has 214 valence electrons. The summed E-state index contributed by atoms with van der Waals surface area (Å²) < 4.78 is 6.32. The Labute approximate surface area is 241 Å². The highest BCUT2D eigenvalue weighted by atomic mass is 16.6. The molecule has 0 heterocycles. The van der Waals surface area contributed by atoms with Crippen LogP contribution in [0.25, 0.3) is 0 Å². The molecule has 40 heavy (non-hydrogen) atoms. The molecule has 0 radical (unpaired) electrons. The molecule has 0 bridgehead atoms. The average Bonchev–Trinajstić information content (AvgIpc) is 3.31. The number of aryl methyl sites for hydroxylation is 1. The number of fused-ring (bicyclic) bond motifs is 5. The van der Waals surface area contributed by atoms with Gasteiger partial charge in [-0.2, -0.15) is 0 Å². The minimum absolute atomic E-state index is 0.0891. The fraction of sp³-hybridized carbons (Fsp3) is 0.595. The third kappa shape index (κ3) is 4.81. The number of Topliss-reactive ketones (excluding diaryl/α,β-unsaturated/α-hetero) is 1. The zero-order chi connectivity index (χ0) is 28.1. The molecule has 8 unspecified atom stereocenters. The third-order valence-corrected chi connectivity index (χ3v) is 12.0. The highest BCUT2D eigenvalue weighted by Crippen LogP contribution is 2.68. The molecule has 8 atom stereocenters. The van der Waals surface area contributed by atoms with Crippen LogP contribution in [0.2, 0.25) is 0 Å². The fourth-order valence-corrected chi connectivity index (χ4v) is 9.74. The number of allylic oxidation sites excluding steroid dienone is 1. The minimum Gasteiger partial charge on any atom is -0.365 e. The van der Waals surface area contributed by atoms with Crippen LogP contribution in [0.5, 0.6) is 0 Å². The van der Waals surface area contributed by atoms with Crippen molar-refractivity contribution in [3.63, 3.8) is 0 Å². The summed E-state index contributed by atoms with van der Waals surface area (Å²) in [4.78, 5) is 12.7. The lowest BCUT2D eigenvalue weighted by Gasteiger charge is -2.60. The van der Waals surface area contributed by atoms with E-state index in [1.807, 2.05) is 6.92 Å². The summed E-state index contributed by atoms with van der Waals surface area (Å²) in [5.74, 6) is 1.68. The molecule has 3 saturated carbocycles. The maximum absolute atomic E-state index is 12.7. The van der Waals surface area contributed by atoms with Gasteiger partial charge in [-0.15, -0.1) is 0 Å². The molecule has 3 fully saturated rings. The van der Waals surface area contributed by atoms with Crippen LogP contribution in [0.1, 0.15) is 89.3 Å². The van der Waals surface area contributed by atoms with E-state index in [1.54, 1.807) is 0 Å². The minimum atomic E-state index is -1.12. The van der Waals surface area contributed by atoms with Gasteiger partial charge in [0.15, 0.2) is 5.79 Å². The second-order valence-corrected chi connectivity index (χ2v) is 14.1. The summed E-state index contributed by atoms with van der Waals surface area (Å²) in [5, 5.41) is 11.7. The standard InChI is InChI=1S/C37H48O3/c1-5-26-11-13-28(14-12-26)24-40-37(39)20-19-35(3)30(23-37)22-29(21-27-9-7-6-8-10-27)34-32-16-15-31(25(2)38)36(32,4)18-17-33(34)35/h6-14,22,29,31-34,39H,5,15-21,23-24H2,1-4H3. The Bertz CT molecular complexity index is 1250. The van der Waals surface area contributed by atoms with Gasteiger partial charge < -0.3 is 9.84 Å². The zero-order valence-electron chi connectivity index (χ0n) is 25.0. The first kappa shape index (κ1) is 27.9. The van der Waals surface area contributed by atoms with Crippen molar-refractivity contribution in [2.75, 3.05) is 0 Å². The first-order valence-corrected chi connectivity index (χ1v) is 15.8. The largest absolute Gasteiger partial charge is 0.365 e. The number of hydrogen-bond donors (Lipinski definition) is 1. The summed E-state index contributed by atoms with van der Waals surface area (Å²) >= 11 is 0. The Balaban J connectivity index is 1.30. The Morgan fingerprint density at radius 1 is 0.900 bits per heavy atom. The van der Waals surface area contributed by atoms with E-state index in [2.05, 4.69) is 81.4 Å². The number of benzene rings is 2. The van der Waals surface area contributed by atoms with Gasteiger partial charge in [0.2, 0.25) is 0 Å². The SMILES string of the molecule is CCc1ccc(COC2(O)CCC3(C)C(=CC(Cc4ccccc4)C4C3CCC3(C)C(C(C)=O)CCC43)C2)cc1. The van der Waals surface area contributed by atoms with Crippen LogP contribution in [-0.2, 0) is 29.0 Å². The van der Waals surface area contributed by atoms with Gasteiger partial charge in [0.1, 0.15) is 5.78 Å². The van der Waals surface area contributed by atoms with Crippen LogP contribution < -0.4 is 0 Å². The summed E-state index contributed by atoms with van der Waals surface area (Å²) in [6.07, 6.45) is 11.4. The lowest BCUT2D eigenvalue weighted by atomic mass is 9.44. The first-order valence-electron chi connectivity index (χ1n) is 15.8. The summed E-state index contributed by atoms with van der Waals surface area (Å²) in [5.41, 5.74) is 5.45. The van der Waals surface area contributed by atoms with Gasteiger partial charge in [-0.05, 0) is 103 Å². The normalized spacial score (nSPS) is 38.6. The molecule has 3 heteroatoms. The van der Waals surface area contributed by atoms with E-state index in [0.717, 1.165) is 37.7 Å². The predicted molar refractivity (Wildman–Crippen MR) is 160 cm³/mol. The first-order chi connectivity index (χ1) is 19.1. The summed E-state index contributed by atoms with van der Waals surface area (Å²) in [6, 6.07) is 19.5. The molecule has 6 rings (SSSR count). The van der Waals surface area contributed by atoms with E-state index in [4.69, 9.17) is 4.74 Å². The van der Waals surface area contributed by atoms with Crippen molar-refractivity contribution in [2.45, 2.75) is 97.9 Å². The van der Waals surface area contributed by atoms with Gasteiger partial charge in [-0.1, -0.05) is 87.0 Å². The topological polar surface area (TPSA) is 46.5 Å². The van der Waals surface area contributed by atoms with E-state index < -0.39 is 5.79 Å². The molecule has 0 spiro atoms. The number of carbonyl (C=O) groups is 1. The van der Waals surface area contributed by atoms with Gasteiger partial charge in [-0.25, -0.2) is 0 Å². The molecule has 1 N–H and O–H groups in total. The molecule has 2 aromatic rings. The van der Waals surface area contributed by atoms with Gasteiger partial charge in [0.05, 0.1) is 6.61 Å². The molecular formula is C37H48O3. The Hall–Kier alpha value is -2.23. The molecule has 0 aliphatic heterocycles. The Morgan fingerprint density at radius 2 is 1.62 bits per heavy atom. The highest BCUT2D eigenvalue weighted by molar-refractivity contribution is 5.79. The van der Waals surface area contributed by atoms with Gasteiger partial charge in [-0.3, -0.25) is 4.79 Å². The zero-order valence-corrected chi connectivity index (χ0v) is 25.0. The fourth-order valence-electron chi connectivity index (χ4n) is 9.74. The van der Waals surface area contributed by atoms with E-state index in [9.17, 15) is 9.90 Å². The Kier molecular flexibility index (Phi) is 7.36. The Morgan fingerprint density at radius 3 is 2.33 bits per heavy atom. The van der Waals surface area contributed by atoms with Crippen LogP contribution in [0.3, 0.4) is 0 Å². The van der Waals surface area contributed by atoms with Crippen molar-refractivity contribution in [1.82, 2.24) is 0 Å². The van der Waals surface area contributed by atoms with E-state index in [-0.39, 0.29) is 16.7 Å². The predicted octanol–water partition coefficient (Wildman–Crippen LogP) is 8.09. The summed E-state index contributed by atoms with van der Waals surface area (Å²) in [7, 11) is 0. The third-order valence-electron chi connectivity index (χ3n) is 12.0. The lowest BCUT2D eigenvalue weighted by Crippen LogP contribution is -2.55. The second-order valence-electron chi connectivity index (χ2n) is 14.1. The van der Waals surface area contributed by atoms with E-state index >= 15 is 0 Å². The van der Waals surface area contributed by atoms with Crippen molar-refractivity contribution in [3.8, 4) is 0 Å². The smallest absolute Gasteiger partial charge is 0.169 e. The number of ether oxygens (including phenoxy) is 1. The summed E-state index contributed by atoms with van der Waals surface area (Å²) in [6.45, 7) is 9.36. The van der Waals surface area contributed by atoms with Crippen LogP contribution in [-0.4, -0.2) is 16.7 Å². The highest BCUT2D eigenvalue weighted by Gasteiger charge is 2.62. The average molecular weight is 541 g/mol. The number of carbonyl (C=O) groups excluding carboxylic acids is 1. The van der Waals surface area contributed by atoms with Crippen molar-refractivity contribution in [2.24, 2.45) is 40.4 Å². The molecular weight excluding hydrogens is 492 g/mol. The van der Waals surface area contributed by atoms with E-state index in [1.165, 1.54) is 29.5 Å². The molecule has 0 aromatic heterocycles. The van der Waals surface area contributed by atoms with Crippen molar-refractivity contribution in [1.29, 1.82) is 0 Å². The van der Waals surface area contributed by atoms with Crippen molar-refractivity contribution in [3.05, 3.63) is 82.9 Å². The van der Waals surface area contributed by atoms with Crippen LogP contribution in [0.15, 0.2) is 66.2 Å². The molecule has 0 saturated heterocycles. The second kappa shape index (κ2) is 10.6. The van der Waals surface area contributed by atoms with Gasteiger partial charge in [0.25, 0.3) is 0 Å². The lowest BCUT2D eigenvalue weighted by molar-refractivity contribution is -0.232. The van der Waals surface area contributed by atoms with Crippen LogP contribution >= 0.6 is 0 Å². The number of rotatable bonds is 7. The molecule has 2 aromatic carbocycles. The molecule has 4 aliphatic rings. The molecule has 3 nitrogen and oxygen atoms in total. The van der Waals surface area contributed by atoms with Crippen LogP contribution in [0.4, 0.5) is 0 Å². The van der Waals surface area contributed by atoms with Crippen molar-refractivity contribution < 1.29 is 14.6 Å². The maximum atomic E-state index is 12.7. The number of hydrogen-bond acceptors (Lipinski definition) is 3. The molecule has 0 amide bonds. The number of ketones is 1. The van der Waals surface area contributed by atoms with E-state index in [0.29, 0.717) is 48.9 Å². The molecule has 4 aliphatic carbocycles. The van der Waals surface area contributed by atoms with Gasteiger partial charge in [0, 0.05) is 18.8 Å². The van der Waals surface area contributed by atoms with Gasteiger partial charge >= 0.3 is 0 Å². The quantitative estimate of drug-likeness (QED) is 0.285. The van der Waals surface area contributed by atoms with Crippen LogP contribution in [0, 0.1) is 40.4 Å².